The van der Waals surface area contributed by atoms with Crippen molar-refractivity contribution < 1.29 is 29.0 Å². The van der Waals surface area contributed by atoms with Crippen LogP contribution in [0.25, 0.3) is 0 Å². The third-order valence-electron chi connectivity index (χ3n) is 9.44. The number of rotatable bonds is 12. The lowest BCUT2D eigenvalue weighted by Gasteiger charge is -2.53. The number of nitrogens with one attached hydrogen (secondary N) is 1. The Bertz CT molecular complexity index is 1670. The number of carboxylic acid groups (broad SMARTS) is 1. The van der Waals surface area contributed by atoms with Gasteiger partial charge in [-0.1, -0.05) is 18.2 Å². The zero-order valence-electron chi connectivity index (χ0n) is 26.1. The second-order valence-electron chi connectivity index (χ2n) is 12.4. The molecule has 6 rings (SSSR count). The molecule has 9 nitrogen and oxygen atoms in total. The minimum absolute atomic E-state index is 0.0310. The summed E-state index contributed by atoms with van der Waals surface area (Å²) >= 11 is 2.82. The molecule has 47 heavy (non-hydrogen) atoms. The molecule has 244 valence electrons. The molecule has 3 heterocycles. The molecule has 1 aliphatic heterocycles. The summed E-state index contributed by atoms with van der Waals surface area (Å²) in [6.45, 7) is 2.41. The van der Waals surface area contributed by atoms with Crippen molar-refractivity contribution in [3.8, 4) is 0 Å². The Labute approximate surface area is 281 Å². The maximum atomic E-state index is 13.1. The van der Waals surface area contributed by atoms with Crippen LogP contribution in [-0.2, 0) is 19.9 Å². The quantitative estimate of drug-likeness (QED) is 0.165. The van der Waals surface area contributed by atoms with Crippen molar-refractivity contribution in [2.24, 2.45) is 5.41 Å². The Morgan fingerprint density at radius 2 is 1.66 bits per heavy atom. The lowest BCUT2D eigenvalue weighted by Crippen LogP contribution is -2.53. The van der Waals surface area contributed by atoms with Gasteiger partial charge in [-0.3, -0.25) is 14.4 Å². The summed E-state index contributed by atoms with van der Waals surface area (Å²) in [5.74, 6) is -1.31. The number of likely N-dealkylation sites (tertiary alicyclic amines) is 1. The number of thiophene rings is 2. The zero-order valence-corrected chi connectivity index (χ0v) is 27.7. The Morgan fingerprint density at radius 1 is 1.00 bits per heavy atom. The fourth-order valence-electron chi connectivity index (χ4n) is 6.62. The molecule has 11 heteroatoms. The van der Waals surface area contributed by atoms with Gasteiger partial charge in [0.2, 0.25) is 11.5 Å². The summed E-state index contributed by atoms with van der Waals surface area (Å²) in [7, 11) is 1.72. The molecule has 0 atom stereocenters. The van der Waals surface area contributed by atoms with Crippen LogP contribution < -0.4 is 10.2 Å². The number of hydrogen-bond donors (Lipinski definition) is 2. The van der Waals surface area contributed by atoms with Crippen molar-refractivity contribution in [2.75, 3.05) is 36.9 Å². The normalized spacial score (nSPS) is 16.4. The minimum Gasteiger partial charge on any atom is -0.479 e. The molecule has 2 aliphatic rings. The molecule has 4 aromatic rings. The number of aliphatic carboxylic acids is 1. The molecular weight excluding hydrogens is 635 g/mol. The molecular formula is C36H37N3O6S2. The molecule has 1 saturated heterocycles. The number of carboxylic acids is 1. The highest BCUT2D eigenvalue weighted by Crippen LogP contribution is 2.53. The maximum absolute atomic E-state index is 13.1. The summed E-state index contributed by atoms with van der Waals surface area (Å²) in [5.41, 5.74) is 0.842. The Balaban J connectivity index is 0.983. The molecule has 2 amide bonds. The number of carbonyl (C=O) groups is 4. The predicted molar refractivity (Wildman–Crippen MR) is 184 cm³/mol. The molecule has 2 N–H and O–H groups in total. The number of piperidine rings is 1. The van der Waals surface area contributed by atoms with Gasteiger partial charge in [-0.05, 0) is 110 Å². The lowest BCUT2D eigenvalue weighted by atomic mass is 9.61. The predicted octanol–water partition coefficient (Wildman–Crippen LogP) is 6.52. The van der Waals surface area contributed by atoms with Crippen LogP contribution in [0.15, 0.2) is 83.6 Å². The Hall–Kier alpha value is -4.16. The fourth-order valence-corrected chi connectivity index (χ4v) is 8.43. The van der Waals surface area contributed by atoms with E-state index >= 15 is 0 Å². The number of anilines is 2. The molecule has 2 fully saturated rings. The molecule has 0 radical (unpaired) electrons. The molecule has 1 spiro atoms. The Kier molecular flexibility index (Phi) is 9.70. The van der Waals surface area contributed by atoms with E-state index in [9.17, 15) is 24.3 Å². The van der Waals surface area contributed by atoms with E-state index in [1.807, 2.05) is 41.1 Å². The summed E-state index contributed by atoms with van der Waals surface area (Å²) in [4.78, 5) is 54.9. The summed E-state index contributed by atoms with van der Waals surface area (Å²) in [6.07, 6.45) is 4.63. The van der Waals surface area contributed by atoms with Crippen molar-refractivity contribution in [1.82, 2.24) is 4.90 Å². The van der Waals surface area contributed by atoms with E-state index in [2.05, 4.69) is 10.2 Å². The van der Waals surface area contributed by atoms with Gasteiger partial charge < -0.3 is 25.0 Å². The third-order valence-corrected chi connectivity index (χ3v) is 11.4. The van der Waals surface area contributed by atoms with Crippen molar-refractivity contribution in [1.29, 1.82) is 0 Å². The van der Waals surface area contributed by atoms with E-state index in [4.69, 9.17) is 4.74 Å². The van der Waals surface area contributed by atoms with E-state index in [0.717, 1.165) is 45.1 Å². The molecule has 2 aromatic carbocycles. The van der Waals surface area contributed by atoms with Crippen LogP contribution in [0.2, 0.25) is 0 Å². The van der Waals surface area contributed by atoms with Crippen LogP contribution in [0.1, 0.15) is 62.6 Å². The smallest absolute Gasteiger partial charge is 0.347 e. The van der Waals surface area contributed by atoms with Crippen LogP contribution in [-0.4, -0.2) is 66.9 Å². The standard InChI is InChI=1S/C36H37N3O6S2/c1-38(28-6-2-5-26(21-28)33(42)37-27-11-9-25(24-40)10-12-27)32(41)13-16-39-17-14-35(15-18-39)22-29(23-35)45-36(34(43)44,30-7-3-19-46-30)31-8-4-20-47-31/h2-12,19-21,24,29H,13-18,22-23H2,1H3,(H,37,42)(H,43,44). The van der Waals surface area contributed by atoms with Crippen LogP contribution in [0.5, 0.6) is 0 Å². The summed E-state index contributed by atoms with van der Waals surface area (Å²) in [6, 6.07) is 21.0. The monoisotopic (exact) mass is 671 g/mol. The topological polar surface area (TPSA) is 116 Å². The van der Waals surface area contributed by atoms with E-state index in [-0.39, 0.29) is 23.3 Å². The highest BCUT2D eigenvalue weighted by molar-refractivity contribution is 7.12. The molecule has 0 unspecified atom stereocenters. The maximum Gasteiger partial charge on any atom is 0.347 e. The largest absolute Gasteiger partial charge is 0.479 e. The van der Waals surface area contributed by atoms with Crippen molar-refractivity contribution >= 4 is 58.1 Å². The Morgan fingerprint density at radius 3 is 2.23 bits per heavy atom. The molecule has 1 aliphatic carbocycles. The van der Waals surface area contributed by atoms with Crippen LogP contribution in [0.4, 0.5) is 11.4 Å². The van der Waals surface area contributed by atoms with Gasteiger partial charge in [-0.25, -0.2) is 4.79 Å². The average Bonchev–Trinajstić information content (AvgIpc) is 3.82. The number of hydrogen-bond acceptors (Lipinski definition) is 8. The van der Waals surface area contributed by atoms with Gasteiger partial charge in [0.15, 0.2) is 0 Å². The van der Waals surface area contributed by atoms with Gasteiger partial charge in [0.05, 0.1) is 15.9 Å². The summed E-state index contributed by atoms with van der Waals surface area (Å²) in [5, 5.41) is 17.0. The number of amides is 2. The number of aldehydes is 1. The highest BCUT2D eigenvalue weighted by atomic mass is 32.1. The average molecular weight is 672 g/mol. The third kappa shape index (κ3) is 6.94. The number of ether oxygens (including phenoxy) is 1. The van der Waals surface area contributed by atoms with Crippen LogP contribution in [0.3, 0.4) is 0 Å². The SMILES string of the molecule is CN(C(=O)CCN1CCC2(CC1)CC(OC(C(=O)O)(c1cccs1)c1cccs1)C2)c1cccc(C(=O)Nc2ccc(C=O)cc2)c1. The summed E-state index contributed by atoms with van der Waals surface area (Å²) < 4.78 is 6.51. The highest BCUT2D eigenvalue weighted by Gasteiger charge is 2.53. The molecule has 1 saturated carbocycles. The second kappa shape index (κ2) is 13.9. The van der Waals surface area contributed by atoms with Crippen molar-refractivity contribution in [2.45, 2.75) is 43.8 Å². The second-order valence-corrected chi connectivity index (χ2v) is 14.3. The van der Waals surface area contributed by atoms with E-state index in [0.29, 0.717) is 45.2 Å². The van der Waals surface area contributed by atoms with Gasteiger partial charge in [0, 0.05) is 42.5 Å². The van der Waals surface area contributed by atoms with Gasteiger partial charge in [0.1, 0.15) is 6.29 Å². The van der Waals surface area contributed by atoms with Crippen molar-refractivity contribution in [3.63, 3.8) is 0 Å². The van der Waals surface area contributed by atoms with E-state index < -0.39 is 11.6 Å². The first-order valence-corrected chi connectivity index (χ1v) is 17.4. The zero-order chi connectivity index (χ0) is 33.0. The first-order valence-electron chi connectivity index (χ1n) is 15.7. The number of benzene rings is 2. The number of nitrogens with zero attached hydrogens (tertiary/aromatic N) is 2. The first kappa shape index (κ1) is 32.8. The minimum atomic E-state index is -1.48. The van der Waals surface area contributed by atoms with Gasteiger partial charge >= 0.3 is 5.97 Å². The fraction of sp³-hybridized carbons (Fsp3) is 0.333. The van der Waals surface area contributed by atoms with Crippen LogP contribution in [0, 0.1) is 5.41 Å². The van der Waals surface area contributed by atoms with Gasteiger partial charge in [0.25, 0.3) is 5.91 Å². The van der Waals surface area contributed by atoms with E-state index in [1.54, 1.807) is 54.4 Å². The molecule has 2 aromatic heterocycles. The van der Waals surface area contributed by atoms with Crippen LogP contribution >= 0.6 is 22.7 Å². The molecule has 0 bridgehead atoms. The van der Waals surface area contributed by atoms with E-state index in [1.165, 1.54) is 22.7 Å². The van der Waals surface area contributed by atoms with Crippen molar-refractivity contribution in [3.05, 3.63) is 104 Å². The van der Waals surface area contributed by atoms with Gasteiger partial charge in [-0.2, -0.15) is 0 Å². The number of carbonyl (C=O) groups excluding carboxylic acids is 3. The first-order chi connectivity index (χ1) is 22.7. The lowest BCUT2D eigenvalue weighted by molar-refractivity contribution is -0.190. The van der Waals surface area contributed by atoms with Gasteiger partial charge in [-0.15, -0.1) is 22.7 Å².